The molecule has 0 aromatic heterocycles. The minimum atomic E-state index is -1.02. The van der Waals surface area contributed by atoms with Crippen LogP contribution in [0.15, 0.2) is 12.1 Å². The Bertz CT molecular complexity index is 568. The summed E-state index contributed by atoms with van der Waals surface area (Å²) in [6, 6.07) is 1.13. The van der Waals surface area contributed by atoms with Crippen molar-refractivity contribution in [3.8, 4) is 12.3 Å². The van der Waals surface area contributed by atoms with E-state index >= 15 is 0 Å². The number of carbonyl (C=O) groups excluding carboxylic acids is 1. The molecule has 0 atom stereocenters. The molecule has 0 radical (unpaired) electrons. The third kappa shape index (κ3) is 5.53. The lowest BCUT2D eigenvalue weighted by atomic mass is 9.93. The van der Waals surface area contributed by atoms with Crippen molar-refractivity contribution in [3.05, 3.63) is 29.3 Å². The fraction of sp³-hybridized carbons (Fsp3) is 0.471. The van der Waals surface area contributed by atoms with Gasteiger partial charge in [-0.3, -0.25) is 0 Å². The molecule has 4 nitrogen and oxygen atoms in total. The lowest BCUT2D eigenvalue weighted by Crippen LogP contribution is -2.44. The van der Waals surface area contributed by atoms with Crippen molar-refractivity contribution in [1.29, 1.82) is 0 Å². The molecule has 3 N–H and O–H groups in total. The number of carbonyl (C=O) groups is 1. The number of hydrogen-bond acceptors (Lipinski definition) is 2. The van der Waals surface area contributed by atoms with Crippen LogP contribution < -0.4 is 10.6 Å². The fourth-order valence-electron chi connectivity index (χ4n) is 2.41. The van der Waals surface area contributed by atoms with Crippen molar-refractivity contribution < 1.29 is 18.7 Å². The number of anilines is 1. The zero-order valence-electron chi connectivity index (χ0n) is 13.4. The Morgan fingerprint density at radius 3 is 2.22 bits per heavy atom. The van der Waals surface area contributed by atoms with E-state index < -0.39 is 29.0 Å². The van der Waals surface area contributed by atoms with Gasteiger partial charge < -0.3 is 15.7 Å². The fourth-order valence-corrected chi connectivity index (χ4v) is 2.41. The maximum Gasteiger partial charge on any atom is 0.319 e. The molecule has 0 spiro atoms. The third-order valence-electron chi connectivity index (χ3n) is 3.46. The number of hydrogen-bond donors (Lipinski definition) is 3. The molecule has 23 heavy (non-hydrogen) atoms. The molecule has 0 fully saturated rings. The van der Waals surface area contributed by atoms with Gasteiger partial charge >= 0.3 is 6.03 Å². The Kier molecular flexibility index (Phi) is 6.98. The smallest absolute Gasteiger partial charge is 0.319 e. The summed E-state index contributed by atoms with van der Waals surface area (Å²) in [5.74, 6) is 0.214. The maximum absolute atomic E-state index is 13.7. The van der Waals surface area contributed by atoms with Gasteiger partial charge in [-0.05, 0) is 25.0 Å². The molecular weight excluding hydrogens is 302 g/mol. The first-order valence-corrected chi connectivity index (χ1v) is 7.58. The molecule has 1 aromatic carbocycles. The van der Waals surface area contributed by atoms with Gasteiger partial charge in [0.2, 0.25) is 0 Å². The van der Waals surface area contributed by atoms with Gasteiger partial charge in [-0.15, -0.1) is 6.42 Å². The summed E-state index contributed by atoms with van der Waals surface area (Å²) < 4.78 is 27.5. The lowest BCUT2D eigenvalue weighted by molar-refractivity contribution is 0.0245. The molecule has 1 rings (SSSR count). The predicted molar refractivity (Wildman–Crippen MR) is 86.1 cm³/mol. The van der Waals surface area contributed by atoms with E-state index in [9.17, 15) is 18.7 Å². The molecule has 0 saturated carbocycles. The number of rotatable bonds is 7. The molecule has 0 unspecified atom stereocenters. The standard InChI is InChI=1S/C17H22F2N2O2/c1-4-7-17(23,8-5-2)11-20-16(22)21-15-13(18)9-12(6-3)10-14(15)19/h3,9-10,23H,4-5,7-8,11H2,1-2H3,(H2,20,21,22). The minimum absolute atomic E-state index is 0.00614. The van der Waals surface area contributed by atoms with Gasteiger partial charge in [0.1, 0.15) is 5.69 Å². The van der Waals surface area contributed by atoms with Crippen LogP contribution in [-0.2, 0) is 0 Å². The van der Waals surface area contributed by atoms with Crippen molar-refractivity contribution in [2.75, 3.05) is 11.9 Å². The van der Waals surface area contributed by atoms with E-state index in [2.05, 4.69) is 16.6 Å². The van der Waals surface area contributed by atoms with Crippen molar-refractivity contribution in [2.24, 2.45) is 0 Å². The molecule has 6 heteroatoms. The average Bonchev–Trinajstić information content (AvgIpc) is 2.49. The van der Waals surface area contributed by atoms with Gasteiger partial charge in [0.25, 0.3) is 0 Å². The van der Waals surface area contributed by atoms with Gasteiger partial charge in [0.05, 0.1) is 5.60 Å². The van der Waals surface area contributed by atoms with Crippen LogP contribution in [0.5, 0.6) is 0 Å². The van der Waals surface area contributed by atoms with Gasteiger partial charge in [0.15, 0.2) is 11.6 Å². The summed E-state index contributed by atoms with van der Waals surface area (Å²) in [5.41, 5.74) is -1.55. The SMILES string of the molecule is C#Cc1cc(F)c(NC(=O)NCC(O)(CCC)CCC)c(F)c1. The van der Waals surface area contributed by atoms with Gasteiger partial charge in [-0.1, -0.05) is 32.6 Å². The molecule has 1 aromatic rings. The van der Waals surface area contributed by atoms with E-state index in [1.165, 1.54) is 0 Å². The van der Waals surface area contributed by atoms with Crippen LogP contribution >= 0.6 is 0 Å². The highest BCUT2D eigenvalue weighted by Crippen LogP contribution is 2.21. The second-order valence-corrected chi connectivity index (χ2v) is 5.49. The molecule has 0 heterocycles. The Balaban J connectivity index is 2.72. The maximum atomic E-state index is 13.7. The van der Waals surface area contributed by atoms with E-state index in [1.807, 2.05) is 13.8 Å². The number of amides is 2. The molecule has 0 bridgehead atoms. The lowest BCUT2D eigenvalue weighted by Gasteiger charge is -2.27. The molecule has 0 saturated heterocycles. The Hall–Kier alpha value is -2.13. The molecule has 2 amide bonds. The van der Waals surface area contributed by atoms with Gasteiger partial charge in [-0.25, -0.2) is 13.6 Å². The number of nitrogens with one attached hydrogen (secondary N) is 2. The number of benzene rings is 1. The van der Waals surface area contributed by atoms with Crippen molar-refractivity contribution in [2.45, 2.75) is 45.1 Å². The van der Waals surface area contributed by atoms with E-state index in [0.717, 1.165) is 25.0 Å². The zero-order valence-corrected chi connectivity index (χ0v) is 13.4. The Labute approximate surface area is 135 Å². The number of urea groups is 1. The second kappa shape index (κ2) is 8.49. The molecular formula is C17H22F2N2O2. The average molecular weight is 324 g/mol. The number of aliphatic hydroxyl groups is 1. The Morgan fingerprint density at radius 2 is 1.78 bits per heavy atom. The van der Waals surface area contributed by atoms with Crippen LogP contribution in [0, 0.1) is 24.0 Å². The monoisotopic (exact) mass is 324 g/mol. The van der Waals surface area contributed by atoms with Crippen LogP contribution in [0.4, 0.5) is 19.3 Å². The van der Waals surface area contributed by atoms with E-state index in [-0.39, 0.29) is 12.1 Å². The second-order valence-electron chi connectivity index (χ2n) is 5.49. The summed E-state index contributed by atoms with van der Waals surface area (Å²) in [5, 5.41) is 14.9. The molecule has 0 aliphatic carbocycles. The van der Waals surface area contributed by atoms with Crippen LogP contribution in [0.3, 0.4) is 0 Å². The van der Waals surface area contributed by atoms with Crippen LogP contribution in [-0.4, -0.2) is 23.3 Å². The highest BCUT2D eigenvalue weighted by atomic mass is 19.1. The van der Waals surface area contributed by atoms with Gasteiger partial charge in [0, 0.05) is 12.1 Å². The summed E-state index contributed by atoms with van der Waals surface area (Å²) in [6.45, 7) is 3.86. The Morgan fingerprint density at radius 1 is 1.26 bits per heavy atom. The summed E-state index contributed by atoms with van der Waals surface area (Å²) >= 11 is 0. The van der Waals surface area contributed by atoms with Crippen LogP contribution in [0.25, 0.3) is 0 Å². The minimum Gasteiger partial charge on any atom is -0.388 e. The summed E-state index contributed by atoms with van der Waals surface area (Å²) in [7, 11) is 0. The molecule has 0 aliphatic rings. The van der Waals surface area contributed by atoms with Crippen molar-refractivity contribution >= 4 is 11.7 Å². The molecule has 126 valence electrons. The normalized spacial score (nSPS) is 11.0. The highest BCUT2D eigenvalue weighted by molar-refractivity contribution is 5.89. The first-order valence-electron chi connectivity index (χ1n) is 7.58. The predicted octanol–water partition coefficient (Wildman–Crippen LogP) is 3.40. The highest BCUT2D eigenvalue weighted by Gasteiger charge is 2.25. The van der Waals surface area contributed by atoms with Gasteiger partial charge in [-0.2, -0.15) is 0 Å². The zero-order chi connectivity index (χ0) is 17.5. The first-order chi connectivity index (χ1) is 10.8. The van der Waals surface area contributed by atoms with Crippen molar-refractivity contribution in [1.82, 2.24) is 5.32 Å². The van der Waals surface area contributed by atoms with Crippen molar-refractivity contribution in [3.63, 3.8) is 0 Å². The first kappa shape index (κ1) is 18.9. The summed E-state index contributed by atoms with van der Waals surface area (Å²) in [6.07, 6.45) is 7.66. The van der Waals surface area contributed by atoms with Crippen LogP contribution in [0.1, 0.15) is 45.1 Å². The van der Waals surface area contributed by atoms with E-state index in [1.54, 1.807) is 0 Å². The largest absolute Gasteiger partial charge is 0.388 e. The number of halogens is 2. The summed E-state index contributed by atoms with van der Waals surface area (Å²) in [4.78, 5) is 11.8. The number of terminal acetylenes is 1. The third-order valence-corrected chi connectivity index (χ3v) is 3.46. The van der Waals surface area contributed by atoms with E-state index in [0.29, 0.717) is 12.8 Å². The topological polar surface area (TPSA) is 61.4 Å². The molecule has 0 aliphatic heterocycles. The quantitative estimate of drug-likeness (QED) is 0.673. The van der Waals surface area contributed by atoms with Crippen LogP contribution in [0.2, 0.25) is 0 Å². The van der Waals surface area contributed by atoms with E-state index in [4.69, 9.17) is 6.42 Å².